The van der Waals surface area contributed by atoms with Crippen LogP contribution < -0.4 is 5.90 Å². The number of nitrogens with zero attached hydrogens (tertiary/aromatic N) is 1. The van der Waals surface area contributed by atoms with Crippen molar-refractivity contribution in [2.45, 2.75) is 20.5 Å². The molecule has 0 saturated carbocycles. The summed E-state index contributed by atoms with van der Waals surface area (Å²) < 4.78 is 0. The Bertz CT molecular complexity index is 228. The highest BCUT2D eigenvalue weighted by Gasteiger charge is 1.95. The fourth-order valence-electron chi connectivity index (χ4n) is 1.08. The monoisotopic (exact) mass is 152 g/mol. The summed E-state index contributed by atoms with van der Waals surface area (Å²) in [6, 6.07) is 3.97. The van der Waals surface area contributed by atoms with Crippen LogP contribution in [0.15, 0.2) is 12.1 Å². The van der Waals surface area contributed by atoms with Crippen LogP contribution in [0.4, 0.5) is 0 Å². The molecule has 0 aromatic carbocycles. The Labute approximate surface area is 66.2 Å². The molecule has 0 aliphatic rings. The normalized spacial score (nSPS) is 10.1. The highest BCUT2D eigenvalue weighted by Crippen LogP contribution is 2.04. The average molecular weight is 152 g/mol. The third kappa shape index (κ3) is 2.29. The van der Waals surface area contributed by atoms with E-state index in [1.54, 1.807) is 0 Å². The summed E-state index contributed by atoms with van der Waals surface area (Å²) in [6.45, 7) is 4.35. The average Bonchev–Trinajstić information content (AvgIpc) is 1.85. The van der Waals surface area contributed by atoms with Gasteiger partial charge < -0.3 is 0 Å². The van der Waals surface area contributed by atoms with Gasteiger partial charge in [-0.1, -0.05) is 0 Å². The zero-order valence-corrected chi connectivity index (χ0v) is 6.79. The molecule has 0 bridgehead atoms. The predicted octanol–water partition coefficient (Wildman–Crippen LogP) is 1.09. The Morgan fingerprint density at radius 3 is 2.73 bits per heavy atom. The van der Waals surface area contributed by atoms with Crippen LogP contribution in [-0.4, -0.2) is 4.98 Å². The second-order valence-corrected chi connectivity index (χ2v) is 2.59. The molecule has 1 heterocycles. The maximum atomic E-state index is 4.92. The first-order valence-corrected chi connectivity index (χ1v) is 3.48. The number of aromatic nitrogens is 1. The van der Waals surface area contributed by atoms with Gasteiger partial charge in [0.15, 0.2) is 0 Å². The van der Waals surface area contributed by atoms with Crippen molar-refractivity contribution >= 4 is 0 Å². The molecule has 0 spiro atoms. The highest BCUT2D eigenvalue weighted by atomic mass is 16.6. The largest absolute Gasteiger partial charge is 0.298 e. The smallest absolute Gasteiger partial charge is 0.110 e. The summed E-state index contributed by atoms with van der Waals surface area (Å²) in [5.74, 6) is 4.92. The van der Waals surface area contributed by atoms with Crippen LogP contribution in [0.25, 0.3) is 0 Å². The van der Waals surface area contributed by atoms with Crippen LogP contribution in [-0.2, 0) is 11.4 Å². The molecule has 60 valence electrons. The van der Waals surface area contributed by atoms with Gasteiger partial charge >= 0.3 is 0 Å². The highest BCUT2D eigenvalue weighted by molar-refractivity contribution is 5.18. The molecule has 0 saturated heterocycles. The summed E-state index contributed by atoms with van der Waals surface area (Å²) in [5, 5.41) is 0. The molecule has 3 nitrogen and oxygen atoms in total. The van der Waals surface area contributed by atoms with Crippen LogP contribution in [0.1, 0.15) is 17.0 Å². The van der Waals surface area contributed by atoms with E-state index in [1.165, 1.54) is 5.56 Å². The zero-order valence-electron chi connectivity index (χ0n) is 6.79. The molecule has 1 aromatic heterocycles. The van der Waals surface area contributed by atoms with Crippen LogP contribution in [0.5, 0.6) is 0 Å². The van der Waals surface area contributed by atoms with Crippen molar-refractivity contribution in [1.29, 1.82) is 0 Å². The van der Waals surface area contributed by atoms with Gasteiger partial charge in [0.1, 0.15) is 6.61 Å². The molecule has 0 amide bonds. The van der Waals surface area contributed by atoms with Crippen molar-refractivity contribution in [2.24, 2.45) is 5.90 Å². The molecule has 0 radical (unpaired) electrons. The van der Waals surface area contributed by atoms with Gasteiger partial charge in [-0.25, -0.2) is 5.90 Å². The number of pyridine rings is 1. The van der Waals surface area contributed by atoms with E-state index in [1.807, 2.05) is 26.0 Å². The molecular formula is C8H12N2O. The first kappa shape index (κ1) is 8.17. The van der Waals surface area contributed by atoms with Gasteiger partial charge in [-0.15, -0.1) is 0 Å². The van der Waals surface area contributed by atoms with Gasteiger partial charge in [-0.05, 0) is 31.5 Å². The van der Waals surface area contributed by atoms with Crippen molar-refractivity contribution in [3.63, 3.8) is 0 Å². The van der Waals surface area contributed by atoms with E-state index in [4.69, 9.17) is 5.90 Å². The lowest BCUT2D eigenvalue weighted by Crippen LogP contribution is -2.02. The summed E-state index contributed by atoms with van der Waals surface area (Å²) in [6.07, 6.45) is 0. The number of nitrogens with two attached hydrogens (primary N) is 1. The van der Waals surface area contributed by atoms with Crippen molar-refractivity contribution in [3.05, 3.63) is 29.1 Å². The molecule has 3 heteroatoms. The summed E-state index contributed by atoms with van der Waals surface area (Å²) >= 11 is 0. The number of rotatable bonds is 2. The molecule has 0 aliphatic carbocycles. The van der Waals surface area contributed by atoms with E-state index in [-0.39, 0.29) is 0 Å². The van der Waals surface area contributed by atoms with E-state index in [0.29, 0.717) is 6.61 Å². The van der Waals surface area contributed by atoms with Crippen molar-refractivity contribution in [2.75, 3.05) is 0 Å². The Morgan fingerprint density at radius 2 is 2.18 bits per heavy atom. The number of hydrogen-bond donors (Lipinski definition) is 1. The number of hydrogen-bond acceptors (Lipinski definition) is 3. The van der Waals surface area contributed by atoms with Gasteiger partial charge in [-0.3, -0.25) is 9.82 Å². The van der Waals surface area contributed by atoms with Crippen LogP contribution in [0.2, 0.25) is 0 Å². The standard InChI is InChI=1S/C8H12N2O/c1-6-3-7(2)10-8(4-6)5-11-9/h3-4H,5,9H2,1-2H3. The lowest BCUT2D eigenvalue weighted by atomic mass is 10.2. The zero-order chi connectivity index (χ0) is 8.27. The van der Waals surface area contributed by atoms with Gasteiger partial charge in [-0.2, -0.15) is 0 Å². The van der Waals surface area contributed by atoms with Gasteiger partial charge in [0.2, 0.25) is 0 Å². The third-order valence-corrected chi connectivity index (χ3v) is 1.38. The van der Waals surface area contributed by atoms with Gasteiger partial charge in [0.25, 0.3) is 0 Å². The minimum absolute atomic E-state index is 0.377. The van der Waals surface area contributed by atoms with Crippen molar-refractivity contribution < 1.29 is 4.84 Å². The topological polar surface area (TPSA) is 48.1 Å². The maximum absolute atomic E-state index is 4.92. The van der Waals surface area contributed by atoms with Crippen molar-refractivity contribution in [1.82, 2.24) is 4.98 Å². The summed E-state index contributed by atoms with van der Waals surface area (Å²) in [5.41, 5.74) is 3.06. The van der Waals surface area contributed by atoms with E-state index >= 15 is 0 Å². The minimum atomic E-state index is 0.377. The molecule has 2 N–H and O–H groups in total. The predicted molar refractivity (Wildman–Crippen MR) is 42.7 cm³/mol. The SMILES string of the molecule is Cc1cc(C)nc(CON)c1. The van der Waals surface area contributed by atoms with Crippen LogP contribution >= 0.6 is 0 Å². The molecular weight excluding hydrogens is 140 g/mol. The van der Waals surface area contributed by atoms with E-state index in [2.05, 4.69) is 9.82 Å². The molecule has 0 atom stereocenters. The Balaban J connectivity index is 2.89. The second-order valence-electron chi connectivity index (χ2n) is 2.59. The summed E-state index contributed by atoms with van der Waals surface area (Å²) in [4.78, 5) is 8.69. The Morgan fingerprint density at radius 1 is 1.45 bits per heavy atom. The fourth-order valence-corrected chi connectivity index (χ4v) is 1.08. The summed E-state index contributed by atoms with van der Waals surface area (Å²) in [7, 11) is 0. The molecule has 11 heavy (non-hydrogen) atoms. The van der Waals surface area contributed by atoms with Crippen LogP contribution in [0, 0.1) is 13.8 Å². The lowest BCUT2D eigenvalue weighted by Gasteiger charge is -2.01. The lowest BCUT2D eigenvalue weighted by molar-refractivity contribution is 0.121. The number of aryl methyl sites for hydroxylation is 2. The maximum Gasteiger partial charge on any atom is 0.110 e. The second kappa shape index (κ2) is 3.46. The fraction of sp³-hybridized carbons (Fsp3) is 0.375. The molecule has 0 fully saturated rings. The Kier molecular flexibility index (Phi) is 2.57. The van der Waals surface area contributed by atoms with Gasteiger partial charge in [0, 0.05) is 5.69 Å². The van der Waals surface area contributed by atoms with Crippen LogP contribution in [0.3, 0.4) is 0 Å². The molecule has 1 rings (SSSR count). The minimum Gasteiger partial charge on any atom is -0.298 e. The quantitative estimate of drug-likeness (QED) is 0.645. The first-order chi connectivity index (χ1) is 5.22. The van der Waals surface area contributed by atoms with E-state index in [9.17, 15) is 0 Å². The van der Waals surface area contributed by atoms with Crippen molar-refractivity contribution in [3.8, 4) is 0 Å². The van der Waals surface area contributed by atoms with Gasteiger partial charge in [0.05, 0.1) is 5.69 Å². The van der Waals surface area contributed by atoms with E-state index in [0.717, 1.165) is 11.4 Å². The molecule has 1 aromatic rings. The third-order valence-electron chi connectivity index (χ3n) is 1.38. The molecule has 0 aliphatic heterocycles. The Hall–Kier alpha value is -0.930. The van der Waals surface area contributed by atoms with E-state index < -0.39 is 0 Å². The first-order valence-electron chi connectivity index (χ1n) is 3.48. The molecule has 0 unspecified atom stereocenters.